The lowest BCUT2D eigenvalue weighted by Gasteiger charge is -2.19. The molecule has 3 aromatic rings. The zero-order chi connectivity index (χ0) is 21.7. The topological polar surface area (TPSA) is 101 Å². The zero-order valence-corrected chi connectivity index (χ0v) is 16.8. The number of carbonyl (C=O) groups excluding carboxylic acids is 1. The largest absolute Gasteiger partial charge is 0.341 e. The second-order valence-corrected chi connectivity index (χ2v) is 10.2. The van der Waals surface area contributed by atoms with Crippen LogP contribution in [0.5, 0.6) is 0 Å². The van der Waals surface area contributed by atoms with Gasteiger partial charge in [-0.05, 0) is 29.7 Å². The minimum absolute atomic E-state index is 0.0593. The minimum atomic E-state index is -4.96. The highest BCUT2D eigenvalue weighted by Gasteiger charge is 2.37. The quantitative estimate of drug-likeness (QED) is 0.642. The number of benzene rings is 3. The van der Waals surface area contributed by atoms with E-state index in [4.69, 9.17) is 0 Å². The molecule has 0 bridgehead atoms. The molecule has 1 amide bonds. The Balaban J connectivity index is 1.67. The molecule has 4 rings (SSSR count). The molecule has 1 aliphatic heterocycles. The van der Waals surface area contributed by atoms with Crippen molar-refractivity contribution in [3.63, 3.8) is 0 Å². The van der Waals surface area contributed by atoms with E-state index >= 15 is 0 Å². The SMILES string of the molecule is O=C(CN1c2cccc3cccc(c23)S1(=O)=O)Nc1ccccc1S(=O)(=O)C(F)F. The summed E-state index contributed by atoms with van der Waals surface area (Å²) in [7, 11) is -8.96. The number of nitrogens with one attached hydrogen (secondary N) is 1. The molecule has 0 radical (unpaired) electrons. The van der Waals surface area contributed by atoms with Crippen LogP contribution >= 0.6 is 0 Å². The standard InChI is InChI=1S/C19H14F2N2O5S2/c20-19(21)29(25,26)15-9-2-1-7-13(15)22-17(24)11-23-14-8-3-5-12-6-4-10-16(18(12)14)30(23,27)28/h1-10,19H,11H2,(H,22,24). The highest BCUT2D eigenvalue weighted by atomic mass is 32.2. The van der Waals surface area contributed by atoms with Crippen molar-refractivity contribution >= 4 is 47.9 Å². The first-order valence-corrected chi connectivity index (χ1v) is 11.6. The van der Waals surface area contributed by atoms with Crippen molar-refractivity contribution < 1.29 is 30.4 Å². The van der Waals surface area contributed by atoms with Crippen LogP contribution in [0.15, 0.2) is 70.5 Å². The van der Waals surface area contributed by atoms with Crippen molar-refractivity contribution in [2.24, 2.45) is 0 Å². The molecule has 1 N–H and O–H groups in total. The summed E-state index contributed by atoms with van der Waals surface area (Å²) in [6.07, 6.45) is 0. The van der Waals surface area contributed by atoms with Crippen LogP contribution in [0.1, 0.15) is 0 Å². The number of amides is 1. The second-order valence-electron chi connectivity index (χ2n) is 6.49. The van der Waals surface area contributed by atoms with Crippen LogP contribution in [0, 0.1) is 0 Å². The zero-order valence-electron chi connectivity index (χ0n) is 15.1. The summed E-state index contributed by atoms with van der Waals surface area (Å²) in [5, 5.41) is 3.40. The van der Waals surface area contributed by atoms with E-state index in [2.05, 4.69) is 5.32 Å². The smallest absolute Gasteiger partial charge is 0.323 e. The van der Waals surface area contributed by atoms with Gasteiger partial charge in [0.15, 0.2) is 0 Å². The molecule has 7 nitrogen and oxygen atoms in total. The molecule has 11 heteroatoms. The van der Waals surface area contributed by atoms with Crippen LogP contribution in [0.4, 0.5) is 20.2 Å². The Morgan fingerprint density at radius 3 is 2.37 bits per heavy atom. The van der Waals surface area contributed by atoms with E-state index in [1.54, 1.807) is 30.3 Å². The predicted molar refractivity (Wildman–Crippen MR) is 107 cm³/mol. The molecule has 30 heavy (non-hydrogen) atoms. The summed E-state index contributed by atoms with van der Waals surface area (Å²) in [4.78, 5) is 11.9. The van der Waals surface area contributed by atoms with Gasteiger partial charge in [-0.15, -0.1) is 0 Å². The van der Waals surface area contributed by atoms with Crippen molar-refractivity contribution in [2.75, 3.05) is 16.2 Å². The molecule has 0 spiro atoms. The maximum Gasteiger partial charge on any atom is 0.341 e. The van der Waals surface area contributed by atoms with Gasteiger partial charge < -0.3 is 5.32 Å². The number of sulfone groups is 1. The van der Waals surface area contributed by atoms with Crippen LogP contribution in [0.25, 0.3) is 10.8 Å². The van der Waals surface area contributed by atoms with E-state index in [1.165, 1.54) is 18.2 Å². The van der Waals surface area contributed by atoms with Crippen molar-refractivity contribution in [1.82, 2.24) is 0 Å². The lowest BCUT2D eigenvalue weighted by Crippen LogP contribution is -2.35. The van der Waals surface area contributed by atoms with Gasteiger partial charge in [-0.1, -0.05) is 36.4 Å². The Bertz CT molecular complexity index is 1380. The number of anilines is 2. The summed E-state index contributed by atoms with van der Waals surface area (Å²) in [6, 6.07) is 14.4. The van der Waals surface area contributed by atoms with Gasteiger partial charge in [-0.3, -0.25) is 9.10 Å². The molecule has 1 heterocycles. The van der Waals surface area contributed by atoms with E-state index in [1.807, 2.05) is 0 Å². The third-order valence-corrected chi connectivity index (χ3v) is 7.91. The van der Waals surface area contributed by atoms with Gasteiger partial charge in [-0.2, -0.15) is 8.78 Å². The summed E-state index contributed by atoms with van der Waals surface area (Å²) >= 11 is 0. The molecule has 0 aliphatic carbocycles. The normalized spacial score (nSPS) is 15.0. The number of nitrogens with zero attached hydrogens (tertiary/aromatic N) is 1. The third kappa shape index (κ3) is 3.10. The monoisotopic (exact) mass is 452 g/mol. The number of para-hydroxylation sites is 1. The molecule has 0 atom stereocenters. The number of carbonyl (C=O) groups is 1. The molecule has 0 saturated carbocycles. The number of alkyl halides is 2. The van der Waals surface area contributed by atoms with Crippen molar-refractivity contribution in [3.05, 3.63) is 60.7 Å². The van der Waals surface area contributed by atoms with Crippen LogP contribution in [0.3, 0.4) is 0 Å². The average Bonchev–Trinajstić information content (AvgIpc) is 2.91. The Morgan fingerprint density at radius 2 is 1.67 bits per heavy atom. The van der Waals surface area contributed by atoms with E-state index in [-0.39, 0.29) is 10.6 Å². The fourth-order valence-corrected chi connectivity index (χ4v) is 5.92. The van der Waals surface area contributed by atoms with Gasteiger partial charge in [0.25, 0.3) is 10.0 Å². The number of rotatable bonds is 5. The van der Waals surface area contributed by atoms with Crippen LogP contribution < -0.4 is 9.62 Å². The Kier molecular flexibility index (Phi) is 4.74. The van der Waals surface area contributed by atoms with Crippen molar-refractivity contribution in [2.45, 2.75) is 15.5 Å². The number of hydrogen-bond acceptors (Lipinski definition) is 5. The lowest BCUT2D eigenvalue weighted by atomic mass is 10.1. The molecule has 1 aliphatic rings. The molecular weight excluding hydrogens is 438 g/mol. The van der Waals surface area contributed by atoms with Crippen molar-refractivity contribution in [1.29, 1.82) is 0 Å². The summed E-state index contributed by atoms with van der Waals surface area (Å²) in [5.41, 5.74) is -0.0399. The first kappa shape index (κ1) is 20.2. The fraction of sp³-hybridized carbons (Fsp3) is 0.105. The molecule has 0 unspecified atom stereocenters. The van der Waals surface area contributed by atoms with Crippen LogP contribution in [-0.4, -0.2) is 35.0 Å². The summed E-state index contributed by atoms with van der Waals surface area (Å²) in [6.45, 7) is -0.654. The number of sulfonamides is 1. The molecule has 156 valence electrons. The molecule has 0 saturated heterocycles. The Morgan fingerprint density at radius 1 is 1.00 bits per heavy atom. The molecule has 0 fully saturated rings. The van der Waals surface area contributed by atoms with Gasteiger partial charge in [0.05, 0.1) is 21.2 Å². The van der Waals surface area contributed by atoms with E-state index in [0.717, 1.165) is 16.4 Å². The second kappa shape index (κ2) is 7.03. The lowest BCUT2D eigenvalue weighted by molar-refractivity contribution is -0.114. The molecule has 0 aromatic heterocycles. The fourth-order valence-electron chi connectivity index (χ4n) is 3.36. The van der Waals surface area contributed by atoms with E-state index < -0.39 is 43.0 Å². The summed E-state index contributed by atoms with van der Waals surface area (Å²) < 4.78 is 76.3. The first-order valence-electron chi connectivity index (χ1n) is 8.59. The highest BCUT2D eigenvalue weighted by Crippen LogP contribution is 2.41. The van der Waals surface area contributed by atoms with Gasteiger partial charge in [0.1, 0.15) is 6.54 Å². The number of hydrogen-bond donors (Lipinski definition) is 1. The Labute approximate surface area is 170 Å². The maximum absolute atomic E-state index is 12.9. The van der Waals surface area contributed by atoms with E-state index in [9.17, 15) is 30.4 Å². The first-order chi connectivity index (χ1) is 14.1. The Hall–Kier alpha value is -3.05. The van der Waals surface area contributed by atoms with Gasteiger partial charge in [-0.25, -0.2) is 16.8 Å². The van der Waals surface area contributed by atoms with Gasteiger partial charge in [0, 0.05) is 5.39 Å². The molecule has 3 aromatic carbocycles. The van der Waals surface area contributed by atoms with Gasteiger partial charge >= 0.3 is 5.76 Å². The van der Waals surface area contributed by atoms with Crippen LogP contribution in [0.2, 0.25) is 0 Å². The third-order valence-electron chi connectivity index (χ3n) is 4.67. The number of halogens is 2. The van der Waals surface area contributed by atoms with E-state index in [0.29, 0.717) is 16.5 Å². The van der Waals surface area contributed by atoms with Gasteiger partial charge in [0.2, 0.25) is 15.7 Å². The summed E-state index contributed by atoms with van der Waals surface area (Å²) in [5.74, 6) is -4.54. The molecular formula is C19H14F2N2O5S2. The minimum Gasteiger partial charge on any atom is -0.323 e. The average molecular weight is 452 g/mol. The van der Waals surface area contributed by atoms with Crippen LogP contribution in [-0.2, 0) is 24.7 Å². The highest BCUT2D eigenvalue weighted by molar-refractivity contribution is 7.93. The predicted octanol–water partition coefficient (Wildman–Crippen LogP) is 2.98. The maximum atomic E-state index is 12.9. The van der Waals surface area contributed by atoms with Crippen molar-refractivity contribution in [3.8, 4) is 0 Å².